The summed E-state index contributed by atoms with van der Waals surface area (Å²) in [5, 5.41) is 0. The molecule has 0 aromatic heterocycles. The second-order valence-electron chi connectivity index (χ2n) is 5.22. The van der Waals surface area contributed by atoms with Gasteiger partial charge in [-0.1, -0.05) is 6.92 Å². The largest absolute Gasteiger partial charge is 0.496 e. The van der Waals surface area contributed by atoms with Gasteiger partial charge in [-0.15, -0.1) is 0 Å². The Morgan fingerprint density at radius 3 is 2.39 bits per heavy atom. The van der Waals surface area contributed by atoms with E-state index in [2.05, 4.69) is 45.7 Å². The van der Waals surface area contributed by atoms with Crippen LogP contribution in [0.15, 0.2) is 6.07 Å². The molecule has 3 heteroatoms. The molecule has 0 heterocycles. The summed E-state index contributed by atoms with van der Waals surface area (Å²) in [5.74, 6) is 1.49. The summed E-state index contributed by atoms with van der Waals surface area (Å²) >= 11 is 0. The minimum Gasteiger partial charge on any atom is -0.496 e. The molecular weight excluding hydrogens is 224 g/mol. The van der Waals surface area contributed by atoms with Crippen LogP contribution in [0.4, 0.5) is 5.69 Å². The van der Waals surface area contributed by atoms with Gasteiger partial charge >= 0.3 is 0 Å². The Morgan fingerprint density at radius 2 is 1.89 bits per heavy atom. The van der Waals surface area contributed by atoms with Crippen molar-refractivity contribution >= 4 is 5.69 Å². The molecule has 0 aliphatic rings. The molecule has 1 aromatic rings. The number of benzene rings is 1. The number of ether oxygens (including phenoxy) is 1. The third kappa shape index (κ3) is 2.96. The van der Waals surface area contributed by atoms with E-state index >= 15 is 0 Å². The van der Waals surface area contributed by atoms with Crippen LogP contribution in [0.5, 0.6) is 5.75 Å². The minimum absolute atomic E-state index is 0.497. The zero-order chi connectivity index (χ0) is 13.9. The molecule has 1 rings (SSSR count). The lowest BCUT2D eigenvalue weighted by Crippen LogP contribution is -2.28. The standard InChI is InChI=1S/C15H26N2O/c1-10(8-16)9-17(5)14-7-11(2)15(18-6)13(4)12(14)3/h7,10H,8-9,16H2,1-6H3. The van der Waals surface area contributed by atoms with E-state index in [1.54, 1.807) is 7.11 Å². The molecule has 1 atom stereocenters. The topological polar surface area (TPSA) is 38.5 Å². The SMILES string of the molecule is COc1c(C)cc(N(C)CC(C)CN)c(C)c1C. The molecule has 0 saturated carbocycles. The fraction of sp³-hybridized carbons (Fsp3) is 0.600. The predicted molar refractivity (Wildman–Crippen MR) is 78.7 cm³/mol. The lowest BCUT2D eigenvalue weighted by molar-refractivity contribution is 0.408. The van der Waals surface area contributed by atoms with E-state index < -0.39 is 0 Å². The molecule has 3 nitrogen and oxygen atoms in total. The Morgan fingerprint density at radius 1 is 1.28 bits per heavy atom. The van der Waals surface area contributed by atoms with Crippen molar-refractivity contribution in [3.63, 3.8) is 0 Å². The number of hydrogen-bond donors (Lipinski definition) is 1. The highest BCUT2D eigenvalue weighted by molar-refractivity contribution is 5.62. The number of methoxy groups -OCH3 is 1. The Bertz CT molecular complexity index is 415. The van der Waals surface area contributed by atoms with Gasteiger partial charge in [0.05, 0.1) is 7.11 Å². The first-order chi connectivity index (χ1) is 8.42. The van der Waals surface area contributed by atoms with Gasteiger partial charge in [-0.2, -0.15) is 0 Å². The number of nitrogens with two attached hydrogens (primary N) is 1. The molecule has 0 aliphatic heterocycles. The average Bonchev–Trinajstić information content (AvgIpc) is 2.34. The molecule has 0 bridgehead atoms. The lowest BCUT2D eigenvalue weighted by Gasteiger charge is -2.26. The monoisotopic (exact) mass is 250 g/mol. The summed E-state index contributed by atoms with van der Waals surface area (Å²) in [6, 6.07) is 2.20. The molecule has 0 spiro atoms. The van der Waals surface area contributed by atoms with Crippen molar-refractivity contribution < 1.29 is 4.74 Å². The highest BCUT2D eigenvalue weighted by atomic mass is 16.5. The smallest absolute Gasteiger partial charge is 0.125 e. The maximum absolute atomic E-state index is 5.70. The number of aryl methyl sites for hydroxylation is 1. The van der Waals surface area contributed by atoms with Gasteiger partial charge < -0.3 is 15.4 Å². The number of rotatable bonds is 5. The molecule has 102 valence electrons. The van der Waals surface area contributed by atoms with E-state index in [0.29, 0.717) is 5.92 Å². The van der Waals surface area contributed by atoms with Gasteiger partial charge in [-0.25, -0.2) is 0 Å². The quantitative estimate of drug-likeness (QED) is 0.873. The van der Waals surface area contributed by atoms with Gasteiger partial charge in [0, 0.05) is 19.3 Å². The van der Waals surface area contributed by atoms with E-state index in [1.165, 1.54) is 22.4 Å². The van der Waals surface area contributed by atoms with E-state index in [4.69, 9.17) is 10.5 Å². The molecule has 1 unspecified atom stereocenters. The first-order valence-corrected chi connectivity index (χ1v) is 6.48. The molecular formula is C15H26N2O. The molecule has 0 amide bonds. The van der Waals surface area contributed by atoms with E-state index in [9.17, 15) is 0 Å². The molecule has 0 saturated heterocycles. The average molecular weight is 250 g/mol. The van der Waals surface area contributed by atoms with Crippen LogP contribution >= 0.6 is 0 Å². The number of nitrogens with zero attached hydrogens (tertiary/aromatic N) is 1. The second-order valence-corrected chi connectivity index (χ2v) is 5.22. The van der Waals surface area contributed by atoms with Crippen LogP contribution in [0.2, 0.25) is 0 Å². The Balaban J connectivity index is 3.10. The van der Waals surface area contributed by atoms with E-state index in [0.717, 1.165) is 18.8 Å². The number of anilines is 1. The maximum Gasteiger partial charge on any atom is 0.125 e. The van der Waals surface area contributed by atoms with Gasteiger partial charge in [-0.05, 0) is 56.0 Å². The fourth-order valence-corrected chi connectivity index (χ4v) is 2.39. The van der Waals surface area contributed by atoms with Crippen LogP contribution in [0, 0.1) is 26.7 Å². The van der Waals surface area contributed by atoms with Crippen LogP contribution in [0.3, 0.4) is 0 Å². The first kappa shape index (κ1) is 14.8. The van der Waals surface area contributed by atoms with Crippen molar-refractivity contribution in [1.82, 2.24) is 0 Å². The first-order valence-electron chi connectivity index (χ1n) is 6.48. The zero-order valence-corrected chi connectivity index (χ0v) is 12.5. The summed E-state index contributed by atoms with van der Waals surface area (Å²) < 4.78 is 5.46. The summed E-state index contributed by atoms with van der Waals surface area (Å²) in [7, 11) is 3.86. The van der Waals surface area contributed by atoms with Crippen LogP contribution in [0.25, 0.3) is 0 Å². The van der Waals surface area contributed by atoms with Gasteiger partial charge in [0.1, 0.15) is 5.75 Å². The summed E-state index contributed by atoms with van der Waals surface area (Å²) in [4.78, 5) is 2.28. The van der Waals surface area contributed by atoms with Gasteiger partial charge in [0.15, 0.2) is 0 Å². The molecule has 0 aliphatic carbocycles. The van der Waals surface area contributed by atoms with Gasteiger partial charge in [-0.3, -0.25) is 0 Å². The van der Waals surface area contributed by atoms with Crippen molar-refractivity contribution in [1.29, 1.82) is 0 Å². The number of hydrogen-bond acceptors (Lipinski definition) is 3. The highest BCUT2D eigenvalue weighted by Crippen LogP contribution is 2.33. The Kier molecular flexibility index (Phi) is 5.03. The Hall–Kier alpha value is -1.22. The fourth-order valence-electron chi connectivity index (χ4n) is 2.39. The van der Waals surface area contributed by atoms with Gasteiger partial charge in [0.2, 0.25) is 0 Å². The van der Waals surface area contributed by atoms with Crippen molar-refractivity contribution in [3.8, 4) is 5.75 Å². The third-order valence-corrected chi connectivity index (χ3v) is 3.60. The van der Waals surface area contributed by atoms with Crippen molar-refractivity contribution in [2.45, 2.75) is 27.7 Å². The second kappa shape index (κ2) is 6.10. The third-order valence-electron chi connectivity index (χ3n) is 3.60. The minimum atomic E-state index is 0.497. The maximum atomic E-state index is 5.70. The van der Waals surface area contributed by atoms with E-state index in [-0.39, 0.29) is 0 Å². The molecule has 2 N–H and O–H groups in total. The summed E-state index contributed by atoms with van der Waals surface area (Å²) in [6.45, 7) is 10.2. The molecule has 0 fully saturated rings. The highest BCUT2D eigenvalue weighted by Gasteiger charge is 2.14. The Labute approximate surface area is 111 Å². The molecule has 18 heavy (non-hydrogen) atoms. The summed E-state index contributed by atoms with van der Waals surface area (Å²) in [5.41, 5.74) is 10.7. The molecule has 0 radical (unpaired) electrons. The zero-order valence-electron chi connectivity index (χ0n) is 12.5. The predicted octanol–water partition coefficient (Wildman–Crippen LogP) is 2.65. The van der Waals surface area contributed by atoms with Crippen LogP contribution in [-0.4, -0.2) is 27.2 Å². The van der Waals surface area contributed by atoms with Crippen LogP contribution in [0.1, 0.15) is 23.6 Å². The summed E-state index contributed by atoms with van der Waals surface area (Å²) in [6.07, 6.45) is 0. The van der Waals surface area contributed by atoms with Crippen LogP contribution < -0.4 is 15.4 Å². The lowest BCUT2D eigenvalue weighted by atomic mass is 10.0. The van der Waals surface area contributed by atoms with Crippen LogP contribution in [-0.2, 0) is 0 Å². The molecule has 1 aromatic carbocycles. The normalized spacial score (nSPS) is 12.4. The van der Waals surface area contributed by atoms with Gasteiger partial charge in [0.25, 0.3) is 0 Å². The van der Waals surface area contributed by atoms with Crippen molar-refractivity contribution in [3.05, 3.63) is 22.8 Å². The van der Waals surface area contributed by atoms with Crippen molar-refractivity contribution in [2.75, 3.05) is 32.1 Å². The van der Waals surface area contributed by atoms with Crippen molar-refractivity contribution in [2.24, 2.45) is 11.7 Å². The van der Waals surface area contributed by atoms with E-state index in [1.807, 2.05) is 0 Å².